The number of rotatable bonds is 9. The van der Waals surface area contributed by atoms with E-state index in [1.165, 1.54) is 38.0 Å². The van der Waals surface area contributed by atoms with E-state index in [1.807, 2.05) is 13.0 Å². The standard InChI is InChI=1S/C36H41F3N2O5/c1-3-4-17-41(30(43)13-10-23-6-5-7-26(19-23)36(37,38)39)27-14-15-35(44)29-20-25-11-12-28(45-22(2)42)32-31(25)34(35,33(27)46-32)16-18-40(29)21-24-8-9-24/h5-7,10-13,19,24,27,29,33,44H,3-4,8-9,14-18,20-21H2,1-2H3/t27-,29-,33+,34+,35-/m1/s1. The Hall–Kier alpha value is -3.37. The summed E-state index contributed by atoms with van der Waals surface area (Å²) in [5.41, 5.74) is -0.384. The fraction of sp³-hybridized carbons (Fsp3) is 0.556. The highest BCUT2D eigenvalue weighted by Gasteiger charge is 2.73. The Labute approximate surface area is 267 Å². The van der Waals surface area contributed by atoms with Gasteiger partial charge in [-0.05, 0) is 92.8 Å². The van der Waals surface area contributed by atoms with Crippen molar-refractivity contribution >= 4 is 18.0 Å². The summed E-state index contributed by atoms with van der Waals surface area (Å²) in [6.07, 6.45) is 4.04. The highest BCUT2D eigenvalue weighted by atomic mass is 19.4. The van der Waals surface area contributed by atoms with Gasteiger partial charge in [0.15, 0.2) is 11.5 Å². The lowest BCUT2D eigenvalue weighted by Gasteiger charge is -2.65. The molecule has 246 valence electrons. The molecule has 10 heteroatoms. The largest absolute Gasteiger partial charge is 0.483 e. The van der Waals surface area contributed by atoms with Gasteiger partial charge in [-0.3, -0.25) is 14.5 Å². The molecule has 2 saturated carbocycles. The van der Waals surface area contributed by atoms with E-state index in [0.717, 1.165) is 49.2 Å². The van der Waals surface area contributed by atoms with Crippen LogP contribution >= 0.6 is 0 Å². The molecular weight excluding hydrogens is 597 g/mol. The van der Waals surface area contributed by atoms with Crippen LogP contribution in [0.15, 0.2) is 42.5 Å². The van der Waals surface area contributed by atoms with Crippen LogP contribution in [0.4, 0.5) is 13.2 Å². The Morgan fingerprint density at radius 1 is 1.17 bits per heavy atom. The summed E-state index contributed by atoms with van der Waals surface area (Å²) >= 11 is 0. The van der Waals surface area contributed by atoms with Crippen LogP contribution in [0, 0.1) is 5.92 Å². The minimum absolute atomic E-state index is 0.0903. The maximum atomic E-state index is 14.0. The first-order valence-electron chi connectivity index (χ1n) is 16.6. The van der Waals surface area contributed by atoms with E-state index < -0.39 is 40.9 Å². The van der Waals surface area contributed by atoms with Crippen LogP contribution < -0.4 is 9.47 Å². The van der Waals surface area contributed by atoms with Gasteiger partial charge in [0.1, 0.15) is 6.10 Å². The number of esters is 1. The van der Waals surface area contributed by atoms with Crippen molar-refractivity contribution in [3.63, 3.8) is 0 Å². The van der Waals surface area contributed by atoms with Gasteiger partial charge in [-0.2, -0.15) is 13.2 Å². The Balaban J connectivity index is 1.27. The number of hydrogen-bond donors (Lipinski definition) is 1. The molecule has 46 heavy (non-hydrogen) atoms. The Morgan fingerprint density at radius 2 is 1.98 bits per heavy atom. The molecule has 3 fully saturated rings. The smallest absolute Gasteiger partial charge is 0.416 e. The number of carbonyl (C=O) groups excluding carboxylic acids is 2. The minimum atomic E-state index is -4.48. The molecule has 1 N–H and O–H groups in total. The average Bonchev–Trinajstić information content (AvgIpc) is 3.76. The van der Waals surface area contributed by atoms with Gasteiger partial charge >= 0.3 is 12.1 Å². The Bertz CT molecular complexity index is 1570. The normalized spacial score (nSPS) is 29.7. The van der Waals surface area contributed by atoms with Crippen LogP contribution in [-0.2, 0) is 27.6 Å². The second-order valence-electron chi connectivity index (χ2n) is 13.8. The molecule has 3 aliphatic carbocycles. The summed E-state index contributed by atoms with van der Waals surface area (Å²) in [5, 5.41) is 12.9. The van der Waals surface area contributed by atoms with Crippen molar-refractivity contribution < 1.29 is 37.3 Å². The van der Waals surface area contributed by atoms with Crippen molar-refractivity contribution in [2.75, 3.05) is 19.6 Å². The first kappa shape index (κ1) is 31.2. The van der Waals surface area contributed by atoms with E-state index in [9.17, 15) is 27.9 Å². The number of alkyl halides is 3. The summed E-state index contributed by atoms with van der Waals surface area (Å²) in [6, 6.07) is 8.21. The summed E-state index contributed by atoms with van der Waals surface area (Å²) in [6.45, 7) is 5.59. The number of hydrogen-bond acceptors (Lipinski definition) is 6. The van der Waals surface area contributed by atoms with Gasteiger partial charge in [-0.25, -0.2) is 0 Å². The first-order chi connectivity index (χ1) is 22.0. The third-order valence-corrected chi connectivity index (χ3v) is 11.0. The van der Waals surface area contributed by atoms with E-state index in [-0.39, 0.29) is 17.5 Å². The topological polar surface area (TPSA) is 79.3 Å². The van der Waals surface area contributed by atoms with E-state index in [2.05, 4.69) is 4.90 Å². The van der Waals surface area contributed by atoms with Crippen LogP contribution in [-0.4, -0.2) is 70.2 Å². The summed E-state index contributed by atoms with van der Waals surface area (Å²) < 4.78 is 52.5. The quantitative estimate of drug-likeness (QED) is 0.209. The van der Waals surface area contributed by atoms with Crippen molar-refractivity contribution in [2.24, 2.45) is 5.92 Å². The number of ether oxygens (including phenoxy) is 2. The number of likely N-dealkylation sites (tertiary alicyclic amines) is 1. The van der Waals surface area contributed by atoms with Crippen LogP contribution in [0.2, 0.25) is 0 Å². The van der Waals surface area contributed by atoms with Gasteiger partial charge in [-0.1, -0.05) is 31.5 Å². The molecule has 5 aliphatic rings. The number of nitrogens with zero attached hydrogens (tertiary/aromatic N) is 2. The van der Waals surface area contributed by atoms with Gasteiger partial charge in [0.25, 0.3) is 0 Å². The van der Waals surface area contributed by atoms with Gasteiger partial charge in [0, 0.05) is 37.7 Å². The van der Waals surface area contributed by atoms with Gasteiger partial charge in [0.2, 0.25) is 5.91 Å². The zero-order valence-corrected chi connectivity index (χ0v) is 26.3. The average molecular weight is 639 g/mol. The number of benzene rings is 2. The Kier molecular flexibility index (Phi) is 7.74. The van der Waals surface area contributed by atoms with Crippen LogP contribution in [0.25, 0.3) is 6.08 Å². The second kappa shape index (κ2) is 11.4. The molecule has 2 aliphatic heterocycles. The molecule has 2 aromatic rings. The molecule has 7 nitrogen and oxygen atoms in total. The summed E-state index contributed by atoms with van der Waals surface area (Å²) in [4.78, 5) is 30.4. The monoisotopic (exact) mass is 638 g/mol. The highest BCUT2D eigenvalue weighted by molar-refractivity contribution is 5.92. The number of halogens is 3. The van der Waals surface area contributed by atoms with Gasteiger partial charge in [0.05, 0.1) is 22.6 Å². The number of carbonyl (C=O) groups is 2. The minimum Gasteiger partial charge on any atom is -0.483 e. The van der Waals surface area contributed by atoms with Crippen molar-refractivity contribution in [3.05, 3.63) is 64.7 Å². The van der Waals surface area contributed by atoms with Crippen molar-refractivity contribution in [1.82, 2.24) is 9.80 Å². The summed E-state index contributed by atoms with van der Waals surface area (Å²) in [5.74, 6) is 0.701. The molecule has 0 aromatic heterocycles. The van der Waals surface area contributed by atoms with E-state index in [1.54, 1.807) is 17.0 Å². The molecule has 2 heterocycles. The molecule has 7 rings (SSSR count). The van der Waals surface area contributed by atoms with Gasteiger partial charge < -0.3 is 19.5 Å². The summed E-state index contributed by atoms with van der Waals surface area (Å²) in [7, 11) is 0. The number of aliphatic hydroxyl groups is 1. The molecule has 2 aromatic carbocycles. The molecule has 0 radical (unpaired) electrons. The Morgan fingerprint density at radius 3 is 2.70 bits per heavy atom. The van der Waals surface area contributed by atoms with Gasteiger partial charge in [-0.15, -0.1) is 0 Å². The molecule has 1 spiro atoms. The molecular formula is C36H41F3N2O5. The lowest BCUT2D eigenvalue weighted by molar-refractivity contribution is -0.201. The second-order valence-corrected chi connectivity index (χ2v) is 13.8. The predicted molar refractivity (Wildman–Crippen MR) is 165 cm³/mol. The highest BCUT2D eigenvalue weighted by Crippen LogP contribution is 2.66. The SMILES string of the molecule is CCCCN(C(=O)C=Cc1cccc(C(F)(F)F)c1)[C@@H]1CC[C@@]2(O)[C@H]3Cc4ccc(OC(C)=O)c5c4[C@@]2(CCN3CC2CC2)[C@H]1O5. The first-order valence-corrected chi connectivity index (χ1v) is 16.6. The van der Waals surface area contributed by atoms with Crippen LogP contribution in [0.1, 0.15) is 81.0 Å². The molecule has 2 bridgehead atoms. The maximum Gasteiger partial charge on any atom is 0.416 e. The lowest BCUT2D eigenvalue weighted by atomic mass is 9.48. The number of amides is 1. The van der Waals surface area contributed by atoms with E-state index >= 15 is 0 Å². The maximum absolute atomic E-state index is 14.0. The lowest BCUT2D eigenvalue weighted by Crippen LogP contribution is -2.78. The van der Waals surface area contributed by atoms with Crippen LogP contribution in [0.3, 0.4) is 0 Å². The molecule has 0 unspecified atom stereocenters. The number of piperidine rings is 1. The molecule has 1 saturated heterocycles. The van der Waals surface area contributed by atoms with E-state index in [4.69, 9.17) is 9.47 Å². The fourth-order valence-corrected chi connectivity index (χ4v) is 8.85. The van der Waals surface area contributed by atoms with E-state index in [0.29, 0.717) is 49.6 Å². The third-order valence-electron chi connectivity index (χ3n) is 11.0. The molecule has 5 atom stereocenters. The van der Waals surface area contributed by atoms with Crippen molar-refractivity contribution in [1.29, 1.82) is 0 Å². The fourth-order valence-electron chi connectivity index (χ4n) is 8.85. The zero-order valence-electron chi connectivity index (χ0n) is 26.3. The van der Waals surface area contributed by atoms with Crippen molar-refractivity contribution in [3.8, 4) is 11.5 Å². The number of unbranched alkanes of at least 4 members (excludes halogenated alkanes) is 1. The van der Waals surface area contributed by atoms with Crippen LogP contribution in [0.5, 0.6) is 11.5 Å². The molecule has 1 amide bonds. The third kappa shape index (κ3) is 5.03. The zero-order chi connectivity index (χ0) is 32.4. The van der Waals surface area contributed by atoms with Crippen molar-refractivity contribution in [2.45, 2.75) is 101 Å². The predicted octanol–water partition coefficient (Wildman–Crippen LogP) is 5.91.